The van der Waals surface area contributed by atoms with Crippen LogP contribution < -0.4 is 11.2 Å². The second-order valence-electron chi connectivity index (χ2n) is 9.92. The molecule has 1 N–H and O–H groups in total. The quantitative estimate of drug-likeness (QED) is 0.269. The number of aromatic nitrogens is 8. The number of hydrogen-bond acceptors (Lipinski definition) is 7. The highest BCUT2D eigenvalue weighted by molar-refractivity contribution is 5.81. The molecule has 0 aliphatic rings. The lowest BCUT2D eigenvalue weighted by atomic mass is 9.97. The van der Waals surface area contributed by atoms with Crippen molar-refractivity contribution in [2.75, 3.05) is 13.7 Å². The van der Waals surface area contributed by atoms with Gasteiger partial charge in [-0.2, -0.15) is 5.21 Å². The molecular formula is C31H30N8O3. The third-order valence-electron chi connectivity index (χ3n) is 7.21. The van der Waals surface area contributed by atoms with Gasteiger partial charge in [0.05, 0.1) is 18.8 Å². The van der Waals surface area contributed by atoms with E-state index in [1.54, 1.807) is 31.4 Å². The minimum absolute atomic E-state index is 0.259. The first-order valence-corrected chi connectivity index (χ1v) is 13.8. The normalized spacial score (nSPS) is 11.4. The lowest BCUT2D eigenvalue weighted by Gasteiger charge is -2.14. The Bertz CT molecular complexity index is 1940. The first-order valence-electron chi connectivity index (χ1n) is 13.8. The Kier molecular flexibility index (Phi) is 7.56. The average molecular weight is 563 g/mol. The number of aryl methyl sites for hydroxylation is 1. The van der Waals surface area contributed by atoms with Gasteiger partial charge in [-0.1, -0.05) is 67.6 Å². The number of methoxy groups -OCH3 is 1. The van der Waals surface area contributed by atoms with Gasteiger partial charge in [0.2, 0.25) is 5.82 Å². The monoisotopic (exact) mass is 562 g/mol. The summed E-state index contributed by atoms with van der Waals surface area (Å²) in [6.45, 7) is 2.98. The van der Waals surface area contributed by atoms with Crippen LogP contribution >= 0.6 is 0 Å². The molecule has 0 fully saturated rings. The van der Waals surface area contributed by atoms with Gasteiger partial charge >= 0.3 is 5.69 Å². The maximum absolute atomic E-state index is 14.1. The third kappa shape index (κ3) is 4.94. The average Bonchev–Trinajstić information content (AvgIpc) is 3.68. The first kappa shape index (κ1) is 27.0. The van der Waals surface area contributed by atoms with Crippen LogP contribution in [-0.4, -0.2) is 53.0 Å². The Balaban J connectivity index is 1.57. The lowest BCUT2D eigenvalue weighted by molar-refractivity contribution is 0.186. The number of para-hydroxylation sites is 1. The molecule has 0 unspecified atom stereocenters. The van der Waals surface area contributed by atoms with Gasteiger partial charge < -0.3 is 9.30 Å². The van der Waals surface area contributed by atoms with Gasteiger partial charge in [0, 0.05) is 25.6 Å². The fourth-order valence-corrected chi connectivity index (χ4v) is 5.27. The predicted octanol–water partition coefficient (Wildman–Crippen LogP) is 3.84. The SMILES string of the molecule is CCCc1nc2c(c(=O)n(-c3ccccc3)c(=O)n2CCOC)n1Cc1ccc(-c2ccccc2)c(-c2nn[nH]n2)c1. The van der Waals surface area contributed by atoms with Gasteiger partial charge in [0.15, 0.2) is 11.2 Å². The van der Waals surface area contributed by atoms with Crippen molar-refractivity contribution in [2.45, 2.75) is 32.9 Å². The summed E-state index contributed by atoms with van der Waals surface area (Å²) in [6.07, 6.45) is 1.46. The van der Waals surface area contributed by atoms with E-state index in [-0.39, 0.29) is 6.54 Å². The molecule has 6 rings (SSSR count). The van der Waals surface area contributed by atoms with E-state index in [1.165, 1.54) is 9.13 Å². The molecule has 0 radical (unpaired) electrons. The Morgan fingerprint density at radius 2 is 1.67 bits per heavy atom. The van der Waals surface area contributed by atoms with Crippen LogP contribution in [0.4, 0.5) is 0 Å². The fraction of sp³-hybridized carbons (Fsp3) is 0.226. The number of benzene rings is 3. The molecule has 0 bridgehead atoms. The molecule has 0 aliphatic heterocycles. The number of nitrogens with one attached hydrogen (secondary N) is 1. The van der Waals surface area contributed by atoms with E-state index in [9.17, 15) is 9.59 Å². The van der Waals surface area contributed by atoms with E-state index in [1.807, 2.05) is 59.2 Å². The van der Waals surface area contributed by atoms with Gasteiger partial charge in [-0.15, -0.1) is 10.2 Å². The van der Waals surface area contributed by atoms with Crippen molar-refractivity contribution in [3.05, 3.63) is 111 Å². The maximum atomic E-state index is 14.1. The molecule has 0 aliphatic carbocycles. The van der Waals surface area contributed by atoms with Crippen LogP contribution in [0.2, 0.25) is 0 Å². The molecule has 3 aromatic heterocycles. The number of H-pyrrole nitrogens is 1. The molecule has 3 aromatic carbocycles. The topological polar surface area (TPSA) is 126 Å². The first-order chi connectivity index (χ1) is 20.6. The highest BCUT2D eigenvalue weighted by atomic mass is 16.5. The Hall–Kier alpha value is -5.16. The number of hydrogen-bond donors (Lipinski definition) is 1. The van der Waals surface area contributed by atoms with Crippen molar-refractivity contribution in [2.24, 2.45) is 0 Å². The molecular weight excluding hydrogens is 532 g/mol. The highest BCUT2D eigenvalue weighted by Gasteiger charge is 2.23. The van der Waals surface area contributed by atoms with Gasteiger partial charge in [-0.25, -0.2) is 14.3 Å². The van der Waals surface area contributed by atoms with Crippen LogP contribution in [0.3, 0.4) is 0 Å². The van der Waals surface area contributed by atoms with Crippen LogP contribution in [0.15, 0.2) is 88.5 Å². The zero-order chi connectivity index (χ0) is 29.1. The smallest absolute Gasteiger partial charge is 0.337 e. The molecule has 11 heteroatoms. The number of fused-ring (bicyclic) bond motifs is 1. The standard InChI is InChI=1S/C31H30N8O3/c1-3-10-26-32-29-27(30(40)39(23-13-8-5-9-14-23)31(41)37(29)17-18-42-2)38(26)20-21-15-16-24(22-11-6-4-7-12-22)25(19-21)28-33-35-36-34-28/h4-9,11-16,19H,3,10,17-18,20H2,1-2H3,(H,33,34,35,36). The molecule has 42 heavy (non-hydrogen) atoms. The summed E-state index contributed by atoms with van der Waals surface area (Å²) in [7, 11) is 1.58. The summed E-state index contributed by atoms with van der Waals surface area (Å²) >= 11 is 0. The Morgan fingerprint density at radius 1 is 0.905 bits per heavy atom. The minimum atomic E-state index is -0.449. The Labute approximate surface area is 241 Å². The minimum Gasteiger partial charge on any atom is -0.383 e. The molecule has 6 aromatic rings. The van der Waals surface area contributed by atoms with Crippen molar-refractivity contribution >= 4 is 11.2 Å². The number of ether oxygens (including phenoxy) is 1. The van der Waals surface area contributed by atoms with Crippen LogP contribution in [-0.2, 0) is 24.2 Å². The molecule has 0 atom stereocenters. The van der Waals surface area contributed by atoms with Crippen molar-refractivity contribution in [1.29, 1.82) is 0 Å². The van der Waals surface area contributed by atoms with Gasteiger partial charge in [0.1, 0.15) is 5.82 Å². The van der Waals surface area contributed by atoms with E-state index in [4.69, 9.17) is 9.72 Å². The second kappa shape index (κ2) is 11.8. The number of tetrazole rings is 1. The summed E-state index contributed by atoms with van der Waals surface area (Å²) in [5, 5.41) is 14.8. The number of nitrogens with zero attached hydrogens (tertiary/aromatic N) is 7. The molecule has 11 nitrogen and oxygen atoms in total. The van der Waals surface area contributed by atoms with Crippen LogP contribution in [0.5, 0.6) is 0 Å². The van der Waals surface area contributed by atoms with Crippen molar-refractivity contribution in [3.8, 4) is 28.2 Å². The lowest BCUT2D eigenvalue weighted by Crippen LogP contribution is -2.40. The summed E-state index contributed by atoms with van der Waals surface area (Å²) in [6, 6.07) is 25.1. The zero-order valence-corrected chi connectivity index (χ0v) is 23.4. The Morgan fingerprint density at radius 3 is 2.36 bits per heavy atom. The van der Waals surface area contributed by atoms with Gasteiger partial charge in [-0.3, -0.25) is 9.36 Å². The van der Waals surface area contributed by atoms with Gasteiger partial charge in [-0.05, 0) is 46.5 Å². The highest BCUT2D eigenvalue weighted by Crippen LogP contribution is 2.31. The van der Waals surface area contributed by atoms with E-state index < -0.39 is 11.2 Å². The van der Waals surface area contributed by atoms with E-state index >= 15 is 0 Å². The van der Waals surface area contributed by atoms with E-state index in [2.05, 4.69) is 27.5 Å². The number of imidazole rings is 1. The molecule has 0 saturated heterocycles. The molecule has 0 saturated carbocycles. The van der Waals surface area contributed by atoms with Crippen molar-refractivity contribution < 1.29 is 4.74 Å². The van der Waals surface area contributed by atoms with Gasteiger partial charge in [0.25, 0.3) is 5.56 Å². The van der Waals surface area contributed by atoms with E-state index in [0.29, 0.717) is 42.2 Å². The molecule has 212 valence electrons. The van der Waals surface area contributed by atoms with E-state index in [0.717, 1.165) is 34.5 Å². The van der Waals surface area contributed by atoms with Crippen LogP contribution in [0.1, 0.15) is 24.7 Å². The molecule has 3 heterocycles. The van der Waals surface area contributed by atoms with Crippen molar-refractivity contribution in [1.82, 2.24) is 39.3 Å². The predicted molar refractivity (Wildman–Crippen MR) is 160 cm³/mol. The molecule has 0 amide bonds. The fourth-order valence-electron chi connectivity index (χ4n) is 5.27. The van der Waals surface area contributed by atoms with Crippen LogP contribution in [0, 0.1) is 0 Å². The second-order valence-corrected chi connectivity index (χ2v) is 9.92. The number of rotatable bonds is 10. The zero-order valence-electron chi connectivity index (χ0n) is 23.4. The maximum Gasteiger partial charge on any atom is 0.337 e. The van der Waals surface area contributed by atoms with Crippen molar-refractivity contribution in [3.63, 3.8) is 0 Å². The number of aromatic amines is 1. The largest absolute Gasteiger partial charge is 0.383 e. The summed E-state index contributed by atoms with van der Waals surface area (Å²) < 4.78 is 9.98. The molecule has 0 spiro atoms. The summed E-state index contributed by atoms with van der Waals surface area (Å²) in [5.74, 6) is 1.20. The summed E-state index contributed by atoms with van der Waals surface area (Å²) in [4.78, 5) is 32.7. The summed E-state index contributed by atoms with van der Waals surface area (Å²) in [5.41, 5.74) is 4.08. The third-order valence-corrected chi connectivity index (χ3v) is 7.21. The van der Waals surface area contributed by atoms with Crippen LogP contribution in [0.25, 0.3) is 39.4 Å².